The highest BCUT2D eigenvalue weighted by atomic mass is 31.0. The number of aryl methyl sites for hydroxylation is 2. The molecule has 8 heteroatoms. The van der Waals surface area contributed by atoms with Gasteiger partial charge < -0.3 is 14.4 Å². The normalized spacial score (nSPS) is 12.8. The van der Waals surface area contributed by atoms with E-state index < -0.39 is 5.97 Å². The molecule has 2 aromatic carbocycles. The summed E-state index contributed by atoms with van der Waals surface area (Å²) in [6, 6.07) is 18.5. The average Bonchev–Trinajstić information content (AvgIpc) is 3.34. The molecule has 0 spiro atoms. The zero-order valence-electron chi connectivity index (χ0n) is 24.3. The van der Waals surface area contributed by atoms with Crippen molar-refractivity contribution >= 4 is 42.4 Å². The molecule has 0 amide bonds. The number of pyridine rings is 3. The van der Waals surface area contributed by atoms with Gasteiger partial charge >= 0.3 is 5.97 Å². The second-order valence-electron chi connectivity index (χ2n) is 11.2. The van der Waals surface area contributed by atoms with Crippen LogP contribution in [0, 0.1) is 13.8 Å². The van der Waals surface area contributed by atoms with E-state index in [2.05, 4.69) is 61.0 Å². The summed E-state index contributed by atoms with van der Waals surface area (Å²) in [4.78, 5) is 26.2. The fraction of sp³-hybridized carbons (Fsp3) is 0.200. The number of fused-ring (bicyclic) bond motifs is 3. The number of carboxylic acids is 1. The fourth-order valence-corrected chi connectivity index (χ4v) is 6.83. The van der Waals surface area contributed by atoms with Gasteiger partial charge in [-0.25, -0.2) is 4.98 Å². The van der Waals surface area contributed by atoms with Crippen LogP contribution in [0.1, 0.15) is 28.8 Å². The van der Waals surface area contributed by atoms with E-state index in [0.717, 1.165) is 96.3 Å². The molecule has 214 valence electrons. The van der Waals surface area contributed by atoms with Crippen LogP contribution >= 0.6 is 9.24 Å². The van der Waals surface area contributed by atoms with Gasteiger partial charge in [0.05, 0.1) is 29.9 Å². The molecule has 1 aliphatic rings. The smallest absolute Gasteiger partial charge is 0.307 e. The van der Waals surface area contributed by atoms with E-state index in [1.54, 1.807) is 6.20 Å². The number of nitrogens with zero attached hydrogens (tertiary/aromatic N) is 4. The third-order valence-corrected chi connectivity index (χ3v) is 8.97. The van der Waals surface area contributed by atoms with Gasteiger partial charge in [-0.15, -0.1) is 9.24 Å². The summed E-state index contributed by atoms with van der Waals surface area (Å²) in [5, 5.41) is 12.9. The van der Waals surface area contributed by atoms with Crippen molar-refractivity contribution in [2.45, 2.75) is 33.1 Å². The lowest BCUT2D eigenvalue weighted by molar-refractivity contribution is -0.136. The molecule has 43 heavy (non-hydrogen) atoms. The van der Waals surface area contributed by atoms with Gasteiger partial charge in [-0.3, -0.25) is 14.8 Å². The van der Waals surface area contributed by atoms with E-state index in [1.165, 1.54) is 5.56 Å². The molecule has 1 unspecified atom stereocenters. The van der Waals surface area contributed by atoms with Gasteiger partial charge in [0.15, 0.2) is 0 Å². The van der Waals surface area contributed by atoms with E-state index >= 15 is 0 Å². The molecular formula is C35H31N4O3P. The first kappa shape index (κ1) is 27.2. The minimum Gasteiger partial charge on any atom is -0.493 e. The van der Waals surface area contributed by atoms with E-state index in [0.29, 0.717) is 6.61 Å². The van der Waals surface area contributed by atoms with Crippen molar-refractivity contribution in [2.75, 3.05) is 6.61 Å². The predicted molar refractivity (Wildman–Crippen MR) is 174 cm³/mol. The maximum atomic E-state index is 12.1. The Morgan fingerprint density at radius 2 is 1.91 bits per heavy atom. The van der Waals surface area contributed by atoms with Crippen LogP contribution in [0.3, 0.4) is 0 Å². The zero-order valence-corrected chi connectivity index (χ0v) is 25.5. The van der Waals surface area contributed by atoms with Crippen LogP contribution in [0.5, 0.6) is 5.75 Å². The van der Waals surface area contributed by atoms with Gasteiger partial charge in [-0.05, 0) is 97.0 Å². The first-order chi connectivity index (χ1) is 20.8. The number of ether oxygens (including phenoxy) is 1. The van der Waals surface area contributed by atoms with Gasteiger partial charge in [0, 0.05) is 52.3 Å². The Bertz CT molecular complexity index is 2100. The summed E-state index contributed by atoms with van der Waals surface area (Å²) in [6.07, 6.45) is 5.42. The van der Waals surface area contributed by atoms with Crippen molar-refractivity contribution in [1.29, 1.82) is 0 Å². The zero-order chi connectivity index (χ0) is 29.8. The molecule has 1 atom stereocenters. The molecule has 1 N–H and O–H groups in total. The molecule has 4 aromatic heterocycles. The number of hydrogen-bond donors (Lipinski definition) is 1. The SMILES string of the molecule is Cc1nc2c(cc(-c3ccnc(-c4ccc5ncccc5c4)c3)n2C)c(-c2cc(P)c3c(c2C)CCCO3)c1CC(=O)O. The van der Waals surface area contributed by atoms with Gasteiger partial charge in [0.25, 0.3) is 0 Å². The summed E-state index contributed by atoms with van der Waals surface area (Å²) < 4.78 is 8.14. The lowest BCUT2D eigenvalue weighted by Gasteiger charge is -2.24. The molecule has 0 bridgehead atoms. The first-order valence-corrected chi connectivity index (χ1v) is 14.9. The first-order valence-electron chi connectivity index (χ1n) is 14.4. The van der Waals surface area contributed by atoms with Crippen molar-refractivity contribution in [3.05, 3.63) is 89.4 Å². The van der Waals surface area contributed by atoms with Crippen LogP contribution in [0.4, 0.5) is 0 Å². The Morgan fingerprint density at radius 1 is 1.05 bits per heavy atom. The highest BCUT2D eigenvalue weighted by molar-refractivity contribution is 7.27. The quantitative estimate of drug-likeness (QED) is 0.229. The molecule has 1 aliphatic heterocycles. The van der Waals surface area contributed by atoms with Gasteiger partial charge in [0.1, 0.15) is 11.4 Å². The van der Waals surface area contributed by atoms with E-state index in [1.807, 2.05) is 44.4 Å². The van der Waals surface area contributed by atoms with E-state index in [-0.39, 0.29) is 6.42 Å². The fourth-order valence-electron chi connectivity index (χ4n) is 6.41. The molecular weight excluding hydrogens is 555 g/mol. The van der Waals surface area contributed by atoms with Crippen LogP contribution in [-0.2, 0) is 24.7 Å². The summed E-state index contributed by atoms with van der Waals surface area (Å²) in [6.45, 7) is 4.74. The molecule has 7 nitrogen and oxygen atoms in total. The Hall–Kier alpha value is -4.61. The number of rotatable bonds is 5. The topological polar surface area (TPSA) is 90.1 Å². The van der Waals surface area contributed by atoms with Crippen molar-refractivity contribution < 1.29 is 14.6 Å². The maximum Gasteiger partial charge on any atom is 0.307 e. The summed E-state index contributed by atoms with van der Waals surface area (Å²) >= 11 is 0. The molecule has 0 saturated heterocycles. The molecule has 0 radical (unpaired) electrons. The number of hydrogen-bond acceptors (Lipinski definition) is 5. The monoisotopic (exact) mass is 586 g/mol. The van der Waals surface area contributed by atoms with Gasteiger partial charge in [-0.1, -0.05) is 12.1 Å². The molecule has 5 heterocycles. The number of aliphatic carboxylic acids is 1. The molecule has 6 aromatic rings. The second-order valence-corrected chi connectivity index (χ2v) is 11.8. The Labute approximate surface area is 251 Å². The van der Waals surface area contributed by atoms with Crippen molar-refractivity contribution in [3.8, 4) is 39.4 Å². The second kappa shape index (κ2) is 10.6. The molecule has 0 saturated carbocycles. The van der Waals surface area contributed by atoms with Crippen LogP contribution in [-0.4, -0.2) is 37.2 Å². The predicted octanol–water partition coefficient (Wildman–Crippen LogP) is 6.59. The maximum absolute atomic E-state index is 12.1. The van der Waals surface area contributed by atoms with E-state index in [4.69, 9.17) is 9.72 Å². The molecule has 0 aliphatic carbocycles. The summed E-state index contributed by atoms with van der Waals surface area (Å²) in [5.74, 6) is 0.0536. The highest BCUT2D eigenvalue weighted by Gasteiger charge is 2.25. The Morgan fingerprint density at radius 3 is 2.74 bits per heavy atom. The van der Waals surface area contributed by atoms with Crippen molar-refractivity contribution in [3.63, 3.8) is 0 Å². The molecule has 7 rings (SSSR count). The van der Waals surface area contributed by atoms with Crippen LogP contribution in [0.15, 0.2) is 67.0 Å². The van der Waals surface area contributed by atoms with Crippen molar-refractivity contribution in [1.82, 2.24) is 19.5 Å². The number of carbonyl (C=O) groups is 1. The van der Waals surface area contributed by atoms with Gasteiger partial charge in [0.2, 0.25) is 0 Å². The minimum absolute atomic E-state index is 0.107. The van der Waals surface area contributed by atoms with E-state index in [9.17, 15) is 9.90 Å². The Kier molecular flexibility index (Phi) is 6.71. The standard InChI is InChI=1S/C35H31N4O3P/c1-19-24-7-5-13-42-34(24)31(43)17-25(19)33-26(18-32(40)41)20(2)38-35-27(33)16-30(39(35)3)23-10-12-37-29(15-23)22-8-9-28-21(14-22)6-4-11-36-28/h4,6,8-12,14-17H,5,7,13,18,43H2,1-3H3,(H,40,41). The highest BCUT2D eigenvalue weighted by Crippen LogP contribution is 2.42. The third kappa shape index (κ3) is 4.65. The summed E-state index contributed by atoms with van der Waals surface area (Å²) in [7, 11) is 4.84. The third-order valence-electron chi connectivity index (χ3n) is 8.54. The minimum atomic E-state index is -0.879. The lowest BCUT2D eigenvalue weighted by Crippen LogP contribution is -2.16. The van der Waals surface area contributed by atoms with Crippen LogP contribution in [0.2, 0.25) is 0 Å². The van der Waals surface area contributed by atoms with Crippen LogP contribution in [0.25, 0.3) is 55.6 Å². The van der Waals surface area contributed by atoms with Gasteiger partial charge in [-0.2, -0.15) is 0 Å². The average molecular weight is 587 g/mol. The number of carboxylic acid groups (broad SMARTS) is 1. The Balaban J connectivity index is 1.44. The van der Waals surface area contributed by atoms with Crippen LogP contribution < -0.4 is 10.0 Å². The number of benzene rings is 2. The molecule has 0 fully saturated rings. The summed E-state index contributed by atoms with van der Waals surface area (Å²) in [5.41, 5.74) is 11.3. The number of aromatic nitrogens is 4. The van der Waals surface area contributed by atoms with Crippen molar-refractivity contribution in [2.24, 2.45) is 7.05 Å². The largest absolute Gasteiger partial charge is 0.493 e. The lowest BCUT2D eigenvalue weighted by atomic mass is 9.87.